The third-order valence-corrected chi connectivity index (χ3v) is 3.89. The highest BCUT2D eigenvalue weighted by atomic mass is 35.5. The number of thiophene rings is 1. The molecule has 6 heteroatoms. The van der Waals surface area contributed by atoms with Gasteiger partial charge < -0.3 is 9.47 Å². The summed E-state index contributed by atoms with van der Waals surface area (Å²) >= 11 is 7.64. The fourth-order valence-corrected chi connectivity index (χ4v) is 2.91. The van der Waals surface area contributed by atoms with E-state index in [4.69, 9.17) is 21.1 Å². The summed E-state index contributed by atoms with van der Waals surface area (Å²) in [6.45, 7) is 1.28. The number of aromatic nitrogens is 2. The second-order valence-corrected chi connectivity index (χ2v) is 5.54. The van der Waals surface area contributed by atoms with Gasteiger partial charge in [0, 0.05) is 5.39 Å². The average Bonchev–Trinajstić information content (AvgIpc) is 2.97. The number of hydrogen-bond donors (Lipinski definition) is 0. The summed E-state index contributed by atoms with van der Waals surface area (Å²) in [5, 5.41) is 3.31. The lowest BCUT2D eigenvalue weighted by Gasteiger charge is -2.06. The van der Waals surface area contributed by atoms with Gasteiger partial charge in [-0.05, 0) is 23.6 Å². The van der Waals surface area contributed by atoms with E-state index in [-0.39, 0.29) is 0 Å². The summed E-state index contributed by atoms with van der Waals surface area (Å²) in [4.78, 5) is 9.52. The smallest absolute Gasteiger partial charge is 0.157 e. The molecule has 0 spiro atoms. The predicted molar refractivity (Wildman–Crippen MR) is 84.0 cm³/mol. The molecule has 0 fully saturated rings. The molecule has 2 heterocycles. The molecule has 0 atom stereocenters. The Labute approximate surface area is 131 Å². The lowest BCUT2D eigenvalue weighted by molar-refractivity contribution is 0.0850. The Kier molecular flexibility index (Phi) is 4.65. The molecule has 21 heavy (non-hydrogen) atoms. The van der Waals surface area contributed by atoms with Crippen molar-refractivity contribution >= 4 is 33.2 Å². The van der Waals surface area contributed by atoms with Crippen LogP contribution in [0, 0.1) is 0 Å². The predicted octanol–water partition coefficient (Wildman–Crippen LogP) is 3.94. The molecule has 0 amide bonds. The zero-order valence-corrected chi connectivity index (χ0v) is 12.7. The first-order chi connectivity index (χ1) is 10.3. The summed E-state index contributed by atoms with van der Waals surface area (Å²) < 4.78 is 11.1. The van der Waals surface area contributed by atoms with Crippen LogP contribution in [0.5, 0.6) is 5.75 Å². The van der Waals surface area contributed by atoms with Crippen molar-refractivity contribution in [1.29, 1.82) is 0 Å². The minimum absolute atomic E-state index is 0.325. The van der Waals surface area contributed by atoms with Gasteiger partial charge in [0.15, 0.2) is 5.82 Å². The molecule has 0 aliphatic heterocycles. The van der Waals surface area contributed by atoms with Crippen LogP contribution in [0.15, 0.2) is 41.8 Å². The van der Waals surface area contributed by atoms with E-state index in [0.29, 0.717) is 30.8 Å². The van der Waals surface area contributed by atoms with Crippen LogP contribution >= 0.6 is 22.9 Å². The quantitative estimate of drug-likeness (QED) is 0.510. The molecule has 108 valence electrons. The van der Waals surface area contributed by atoms with E-state index in [1.54, 1.807) is 11.3 Å². The van der Waals surface area contributed by atoms with Crippen LogP contribution in [-0.4, -0.2) is 23.2 Å². The van der Waals surface area contributed by atoms with Crippen LogP contribution < -0.4 is 4.74 Å². The Morgan fingerprint density at radius 1 is 1.05 bits per heavy atom. The third kappa shape index (κ3) is 3.69. The molecule has 3 aromatic rings. The monoisotopic (exact) mass is 320 g/mol. The van der Waals surface area contributed by atoms with Gasteiger partial charge in [-0.1, -0.05) is 29.8 Å². The second kappa shape index (κ2) is 6.85. The van der Waals surface area contributed by atoms with E-state index >= 15 is 0 Å². The highest BCUT2D eigenvalue weighted by Gasteiger charge is 2.07. The van der Waals surface area contributed by atoms with Gasteiger partial charge in [-0.2, -0.15) is 0 Å². The van der Waals surface area contributed by atoms with Gasteiger partial charge in [-0.3, -0.25) is 0 Å². The molecule has 0 saturated carbocycles. The molecule has 0 unspecified atom stereocenters. The van der Waals surface area contributed by atoms with E-state index in [1.165, 1.54) is 0 Å². The summed E-state index contributed by atoms with van der Waals surface area (Å²) in [5.74, 6) is 1.43. The van der Waals surface area contributed by atoms with Crippen LogP contribution in [0.25, 0.3) is 10.2 Å². The largest absolute Gasteiger partial charge is 0.491 e. The van der Waals surface area contributed by atoms with Gasteiger partial charge in [0.1, 0.15) is 28.9 Å². The van der Waals surface area contributed by atoms with Gasteiger partial charge in [0.05, 0.1) is 6.61 Å². The molecule has 0 bridgehead atoms. The van der Waals surface area contributed by atoms with E-state index < -0.39 is 0 Å². The topological polar surface area (TPSA) is 44.2 Å². The molecular formula is C15H13ClN2O2S. The minimum atomic E-state index is 0.325. The lowest BCUT2D eigenvalue weighted by Crippen LogP contribution is -2.08. The number of fused-ring (bicyclic) bond motifs is 1. The van der Waals surface area contributed by atoms with Crippen molar-refractivity contribution in [2.24, 2.45) is 0 Å². The molecule has 4 nitrogen and oxygen atoms in total. The van der Waals surface area contributed by atoms with E-state index in [0.717, 1.165) is 16.0 Å². The number of hydrogen-bond acceptors (Lipinski definition) is 5. The first-order valence-corrected chi connectivity index (χ1v) is 7.74. The van der Waals surface area contributed by atoms with Crippen molar-refractivity contribution < 1.29 is 9.47 Å². The highest BCUT2D eigenvalue weighted by Crippen LogP contribution is 2.24. The van der Waals surface area contributed by atoms with E-state index in [1.807, 2.05) is 41.8 Å². The minimum Gasteiger partial charge on any atom is -0.491 e. The molecular weight excluding hydrogens is 308 g/mol. The van der Waals surface area contributed by atoms with E-state index in [9.17, 15) is 0 Å². The first-order valence-electron chi connectivity index (χ1n) is 6.48. The molecule has 1 aromatic carbocycles. The van der Waals surface area contributed by atoms with Crippen LogP contribution in [0.2, 0.25) is 5.15 Å². The Hall–Kier alpha value is -1.69. The van der Waals surface area contributed by atoms with Gasteiger partial charge in [0.25, 0.3) is 0 Å². The number of para-hydroxylation sites is 1. The highest BCUT2D eigenvalue weighted by molar-refractivity contribution is 7.16. The summed E-state index contributed by atoms with van der Waals surface area (Å²) in [5.41, 5.74) is 0. The third-order valence-electron chi connectivity index (χ3n) is 2.80. The Bertz CT molecular complexity index is 718. The summed E-state index contributed by atoms with van der Waals surface area (Å²) in [6.07, 6.45) is 0. The lowest BCUT2D eigenvalue weighted by atomic mass is 10.3. The number of benzene rings is 1. The summed E-state index contributed by atoms with van der Waals surface area (Å²) in [7, 11) is 0. The maximum atomic E-state index is 6.10. The first kappa shape index (κ1) is 14.3. The fraction of sp³-hybridized carbons (Fsp3) is 0.200. The van der Waals surface area contributed by atoms with Gasteiger partial charge >= 0.3 is 0 Å². The Balaban J connectivity index is 1.48. The maximum absolute atomic E-state index is 6.10. The average molecular weight is 321 g/mol. The SMILES string of the molecule is Clc1nc(COCCOc2ccccc2)nc2sccc12. The van der Waals surface area contributed by atoms with Crippen molar-refractivity contribution in [2.45, 2.75) is 6.61 Å². The Morgan fingerprint density at radius 3 is 2.76 bits per heavy atom. The zero-order chi connectivity index (χ0) is 14.5. The Morgan fingerprint density at radius 2 is 1.90 bits per heavy atom. The molecule has 0 saturated heterocycles. The number of halogens is 1. The molecule has 0 aliphatic rings. The normalized spacial score (nSPS) is 10.9. The maximum Gasteiger partial charge on any atom is 0.157 e. The van der Waals surface area contributed by atoms with Gasteiger partial charge in [0.2, 0.25) is 0 Å². The molecule has 0 N–H and O–H groups in total. The number of ether oxygens (including phenoxy) is 2. The van der Waals surface area contributed by atoms with Crippen LogP contribution in [0.4, 0.5) is 0 Å². The zero-order valence-electron chi connectivity index (χ0n) is 11.2. The molecule has 3 rings (SSSR count). The van der Waals surface area contributed by atoms with Crippen molar-refractivity contribution in [2.75, 3.05) is 13.2 Å². The fourth-order valence-electron chi connectivity index (χ4n) is 1.82. The van der Waals surface area contributed by atoms with Crippen LogP contribution in [0.3, 0.4) is 0 Å². The number of rotatable bonds is 6. The molecule has 0 aliphatic carbocycles. The standard InChI is InChI=1S/C15H13ClN2O2S/c16-14-12-6-9-21-15(12)18-13(17-14)10-19-7-8-20-11-4-2-1-3-5-11/h1-6,9H,7-8,10H2. The number of nitrogens with zero attached hydrogens (tertiary/aromatic N) is 2. The van der Waals surface area contributed by atoms with Crippen LogP contribution in [-0.2, 0) is 11.3 Å². The molecule has 0 radical (unpaired) electrons. The van der Waals surface area contributed by atoms with E-state index in [2.05, 4.69) is 9.97 Å². The molecule has 2 aromatic heterocycles. The van der Waals surface area contributed by atoms with Crippen molar-refractivity contribution in [3.8, 4) is 5.75 Å². The second-order valence-electron chi connectivity index (χ2n) is 4.28. The van der Waals surface area contributed by atoms with Crippen molar-refractivity contribution in [3.05, 3.63) is 52.8 Å². The van der Waals surface area contributed by atoms with Crippen molar-refractivity contribution in [1.82, 2.24) is 9.97 Å². The van der Waals surface area contributed by atoms with Gasteiger partial charge in [-0.25, -0.2) is 9.97 Å². The van der Waals surface area contributed by atoms with Gasteiger partial charge in [-0.15, -0.1) is 11.3 Å². The summed E-state index contributed by atoms with van der Waals surface area (Å²) in [6, 6.07) is 11.6. The van der Waals surface area contributed by atoms with Crippen molar-refractivity contribution in [3.63, 3.8) is 0 Å². The van der Waals surface area contributed by atoms with Crippen LogP contribution in [0.1, 0.15) is 5.82 Å².